The number of hydrogen-bond acceptors (Lipinski definition) is 2. The standard InChI is InChI=1S/C18H22F6N2O2/c1-3-5-7-26(8-6-4-2)16(28)15(27)25-14-10-12(17(19,20)21)9-13(11-14)18(22,23)24/h9-11H,3-8H2,1-2H3,(H,25,27). The van der Waals surface area contributed by atoms with Gasteiger partial charge in [-0.15, -0.1) is 0 Å². The first-order valence-electron chi connectivity index (χ1n) is 8.79. The van der Waals surface area contributed by atoms with Crippen LogP contribution in [0.25, 0.3) is 0 Å². The molecule has 0 spiro atoms. The van der Waals surface area contributed by atoms with Crippen molar-refractivity contribution in [2.24, 2.45) is 0 Å². The van der Waals surface area contributed by atoms with Crippen LogP contribution in [0.5, 0.6) is 0 Å². The minimum absolute atomic E-state index is 0.0493. The van der Waals surface area contributed by atoms with Gasteiger partial charge >= 0.3 is 24.2 Å². The molecule has 0 atom stereocenters. The summed E-state index contributed by atoms with van der Waals surface area (Å²) in [6.07, 6.45) is -7.35. The molecule has 1 N–H and O–H groups in total. The van der Waals surface area contributed by atoms with Gasteiger partial charge in [0.15, 0.2) is 0 Å². The number of amides is 2. The fraction of sp³-hybridized carbons (Fsp3) is 0.556. The molecule has 1 aromatic rings. The Bertz CT molecular complexity index is 645. The summed E-state index contributed by atoms with van der Waals surface area (Å²) in [5, 5.41) is 1.87. The van der Waals surface area contributed by atoms with Crippen LogP contribution in [0.4, 0.5) is 32.0 Å². The fourth-order valence-corrected chi connectivity index (χ4v) is 2.37. The molecule has 1 aromatic carbocycles. The van der Waals surface area contributed by atoms with Gasteiger partial charge in [0, 0.05) is 18.8 Å². The van der Waals surface area contributed by atoms with Crippen molar-refractivity contribution in [2.45, 2.75) is 51.9 Å². The number of carbonyl (C=O) groups excluding carboxylic acids is 2. The zero-order valence-corrected chi connectivity index (χ0v) is 15.5. The molecular formula is C18H22F6N2O2. The third kappa shape index (κ3) is 7.05. The third-order valence-electron chi connectivity index (χ3n) is 3.89. The molecule has 0 aliphatic carbocycles. The van der Waals surface area contributed by atoms with E-state index in [0.717, 1.165) is 12.8 Å². The number of alkyl halides is 6. The van der Waals surface area contributed by atoms with E-state index in [2.05, 4.69) is 0 Å². The van der Waals surface area contributed by atoms with Crippen LogP contribution in [-0.4, -0.2) is 29.8 Å². The average Bonchev–Trinajstić information content (AvgIpc) is 2.59. The number of halogens is 6. The maximum absolute atomic E-state index is 12.9. The lowest BCUT2D eigenvalue weighted by Gasteiger charge is -2.22. The van der Waals surface area contributed by atoms with Crippen LogP contribution in [0.1, 0.15) is 50.7 Å². The third-order valence-corrected chi connectivity index (χ3v) is 3.89. The van der Waals surface area contributed by atoms with E-state index in [-0.39, 0.29) is 19.2 Å². The van der Waals surface area contributed by atoms with Gasteiger partial charge in [-0.2, -0.15) is 26.3 Å². The molecule has 0 aliphatic heterocycles. The first-order valence-corrected chi connectivity index (χ1v) is 8.79. The molecule has 10 heteroatoms. The molecule has 0 aliphatic rings. The van der Waals surface area contributed by atoms with Gasteiger partial charge in [0.2, 0.25) is 0 Å². The summed E-state index contributed by atoms with van der Waals surface area (Å²) >= 11 is 0. The van der Waals surface area contributed by atoms with Crippen LogP contribution in [0.2, 0.25) is 0 Å². The zero-order chi connectivity index (χ0) is 21.5. The number of rotatable bonds is 7. The lowest BCUT2D eigenvalue weighted by Crippen LogP contribution is -2.40. The normalized spacial score (nSPS) is 12.0. The average molecular weight is 412 g/mol. The number of nitrogens with one attached hydrogen (secondary N) is 1. The monoisotopic (exact) mass is 412 g/mol. The molecule has 1 rings (SSSR count). The molecule has 0 aromatic heterocycles. The molecule has 0 saturated heterocycles. The Morgan fingerprint density at radius 1 is 0.857 bits per heavy atom. The van der Waals surface area contributed by atoms with E-state index in [4.69, 9.17) is 0 Å². The van der Waals surface area contributed by atoms with E-state index in [1.165, 1.54) is 4.90 Å². The van der Waals surface area contributed by atoms with E-state index in [9.17, 15) is 35.9 Å². The molecule has 0 bridgehead atoms. The molecule has 0 fully saturated rings. The van der Waals surface area contributed by atoms with Crippen molar-refractivity contribution in [1.82, 2.24) is 4.90 Å². The molecule has 4 nitrogen and oxygen atoms in total. The number of hydrogen-bond donors (Lipinski definition) is 1. The lowest BCUT2D eigenvalue weighted by molar-refractivity contribution is -0.143. The number of benzene rings is 1. The highest BCUT2D eigenvalue weighted by Crippen LogP contribution is 2.37. The molecule has 0 unspecified atom stereocenters. The van der Waals surface area contributed by atoms with Crippen molar-refractivity contribution in [3.63, 3.8) is 0 Å². The summed E-state index contributed by atoms with van der Waals surface area (Å²) in [5.74, 6) is -2.27. The van der Waals surface area contributed by atoms with Gasteiger partial charge in [0.1, 0.15) is 0 Å². The maximum atomic E-state index is 12.9. The Labute approximate surface area is 158 Å². The van der Waals surface area contributed by atoms with Gasteiger partial charge in [0.25, 0.3) is 0 Å². The molecule has 0 radical (unpaired) electrons. The highest BCUT2D eigenvalue weighted by atomic mass is 19.4. The molecule has 0 heterocycles. The van der Waals surface area contributed by atoms with Crippen LogP contribution in [0.3, 0.4) is 0 Å². The zero-order valence-electron chi connectivity index (χ0n) is 15.5. The highest BCUT2D eigenvalue weighted by Gasteiger charge is 2.37. The summed E-state index contributed by atoms with van der Waals surface area (Å²) in [6, 6.07) is 0.679. The van der Waals surface area contributed by atoms with E-state index in [1.54, 1.807) is 0 Å². The Balaban J connectivity index is 3.10. The molecule has 2 amide bonds. The van der Waals surface area contributed by atoms with Crippen molar-refractivity contribution in [2.75, 3.05) is 18.4 Å². The summed E-state index contributed by atoms with van der Waals surface area (Å²) in [7, 11) is 0. The second-order valence-electron chi connectivity index (χ2n) is 6.25. The Kier molecular flexibility index (Phi) is 8.31. The maximum Gasteiger partial charge on any atom is 0.416 e. The minimum atomic E-state index is -5.04. The van der Waals surface area contributed by atoms with Crippen molar-refractivity contribution in [1.29, 1.82) is 0 Å². The Morgan fingerprint density at radius 3 is 1.64 bits per heavy atom. The van der Waals surface area contributed by atoms with E-state index >= 15 is 0 Å². The topological polar surface area (TPSA) is 49.4 Å². The van der Waals surface area contributed by atoms with Gasteiger partial charge in [-0.1, -0.05) is 26.7 Å². The Hall–Kier alpha value is -2.26. The summed E-state index contributed by atoms with van der Waals surface area (Å²) in [5.41, 5.74) is -3.88. The second kappa shape index (κ2) is 9.79. The largest absolute Gasteiger partial charge is 0.416 e. The van der Waals surface area contributed by atoms with Crippen LogP contribution in [0, 0.1) is 0 Å². The van der Waals surface area contributed by atoms with Crippen LogP contribution < -0.4 is 5.32 Å². The molecular weight excluding hydrogens is 390 g/mol. The Morgan fingerprint density at radius 2 is 1.29 bits per heavy atom. The van der Waals surface area contributed by atoms with Gasteiger partial charge in [0.05, 0.1) is 11.1 Å². The van der Waals surface area contributed by atoms with Gasteiger partial charge in [-0.3, -0.25) is 9.59 Å². The summed E-state index contributed by atoms with van der Waals surface area (Å²) < 4.78 is 77.3. The first kappa shape index (κ1) is 23.8. The second-order valence-corrected chi connectivity index (χ2v) is 6.25. The lowest BCUT2D eigenvalue weighted by atomic mass is 10.1. The van der Waals surface area contributed by atoms with E-state index < -0.39 is 41.0 Å². The fourth-order valence-electron chi connectivity index (χ4n) is 2.37. The van der Waals surface area contributed by atoms with Crippen LogP contribution in [0.15, 0.2) is 18.2 Å². The van der Waals surface area contributed by atoms with Gasteiger partial charge < -0.3 is 10.2 Å². The predicted octanol–water partition coefficient (Wildman–Crippen LogP) is 5.09. The van der Waals surface area contributed by atoms with Crippen molar-refractivity contribution >= 4 is 17.5 Å². The number of anilines is 1. The smallest absolute Gasteiger partial charge is 0.334 e. The van der Waals surface area contributed by atoms with Gasteiger partial charge in [-0.05, 0) is 31.0 Å². The number of nitrogens with zero attached hydrogens (tertiary/aromatic N) is 1. The first-order chi connectivity index (χ1) is 12.9. The van der Waals surface area contributed by atoms with Crippen molar-refractivity contribution in [3.05, 3.63) is 29.3 Å². The van der Waals surface area contributed by atoms with E-state index in [1.807, 2.05) is 19.2 Å². The number of carbonyl (C=O) groups is 2. The minimum Gasteiger partial charge on any atom is -0.334 e. The predicted molar refractivity (Wildman–Crippen MR) is 91.5 cm³/mol. The van der Waals surface area contributed by atoms with Crippen molar-refractivity contribution in [3.8, 4) is 0 Å². The van der Waals surface area contributed by atoms with Crippen molar-refractivity contribution < 1.29 is 35.9 Å². The van der Waals surface area contributed by atoms with Gasteiger partial charge in [-0.25, -0.2) is 0 Å². The number of unbranched alkanes of at least 4 members (excludes halogenated alkanes) is 2. The summed E-state index contributed by atoms with van der Waals surface area (Å²) in [6.45, 7) is 4.31. The molecule has 158 valence electrons. The summed E-state index contributed by atoms with van der Waals surface area (Å²) in [4.78, 5) is 25.7. The highest BCUT2D eigenvalue weighted by molar-refractivity contribution is 6.39. The quantitative estimate of drug-likeness (QED) is 0.501. The van der Waals surface area contributed by atoms with E-state index in [0.29, 0.717) is 25.0 Å². The molecule has 28 heavy (non-hydrogen) atoms. The van der Waals surface area contributed by atoms with Crippen LogP contribution >= 0.6 is 0 Å². The molecule has 0 saturated carbocycles. The SMILES string of the molecule is CCCCN(CCCC)C(=O)C(=O)Nc1cc(C(F)(F)F)cc(C(F)(F)F)c1. The van der Waals surface area contributed by atoms with Crippen LogP contribution in [-0.2, 0) is 21.9 Å².